The number of esters is 1. The Hall–Kier alpha value is -2.40. The fourth-order valence-corrected chi connectivity index (χ4v) is 2.61. The molecule has 2 aromatic carbocycles. The van der Waals surface area contributed by atoms with Gasteiger partial charge in [-0.05, 0) is 24.3 Å². The van der Waals surface area contributed by atoms with E-state index in [2.05, 4.69) is 20.9 Å². The number of halogens is 1. The molecule has 0 aliphatic rings. The van der Waals surface area contributed by atoms with Crippen LogP contribution in [0.5, 0.6) is 0 Å². The molecule has 0 bridgehead atoms. The second-order valence-electron chi connectivity index (χ2n) is 4.76. The summed E-state index contributed by atoms with van der Waals surface area (Å²) >= 11 is 3.29. The number of Topliss-reactive ketones (excluding diaryl/α,β-unsaturated/α-hetero) is 1. The number of aromatic amines is 1. The number of ether oxygens (including phenoxy) is 1. The van der Waals surface area contributed by atoms with Crippen LogP contribution < -0.4 is 0 Å². The van der Waals surface area contributed by atoms with Crippen molar-refractivity contribution in [3.8, 4) is 0 Å². The van der Waals surface area contributed by atoms with Crippen molar-refractivity contribution in [2.45, 2.75) is 0 Å². The largest absolute Gasteiger partial charge is 0.454 e. The van der Waals surface area contributed by atoms with Crippen LogP contribution in [-0.2, 0) is 4.74 Å². The molecule has 22 heavy (non-hydrogen) atoms. The molecule has 1 N–H and O–H groups in total. The zero-order valence-electron chi connectivity index (χ0n) is 11.5. The van der Waals surface area contributed by atoms with Crippen molar-refractivity contribution in [3.63, 3.8) is 0 Å². The van der Waals surface area contributed by atoms with E-state index >= 15 is 0 Å². The zero-order chi connectivity index (χ0) is 15.5. The Morgan fingerprint density at radius 3 is 2.73 bits per heavy atom. The van der Waals surface area contributed by atoms with Gasteiger partial charge in [0.1, 0.15) is 0 Å². The Kier molecular flexibility index (Phi) is 4.06. The second kappa shape index (κ2) is 6.15. The molecule has 0 spiro atoms. The van der Waals surface area contributed by atoms with Crippen molar-refractivity contribution in [2.75, 3.05) is 6.61 Å². The van der Waals surface area contributed by atoms with Gasteiger partial charge in [0.15, 0.2) is 6.61 Å². The van der Waals surface area contributed by atoms with Gasteiger partial charge in [0.25, 0.3) is 0 Å². The average molecular weight is 358 g/mol. The molecule has 1 aromatic heterocycles. The molecule has 110 valence electrons. The van der Waals surface area contributed by atoms with E-state index < -0.39 is 5.97 Å². The third-order valence-electron chi connectivity index (χ3n) is 3.28. The maximum Gasteiger partial charge on any atom is 0.338 e. The summed E-state index contributed by atoms with van der Waals surface area (Å²) in [5.74, 6) is -0.754. The predicted molar refractivity (Wildman–Crippen MR) is 87.1 cm³/mol. The zero-order valence-corrected chi connectivity index (χ0v) is 13.1. The summed E-state index contributed by atoms with van der Waals surface area (Å²) in [6.45, 7) is -0.285. The van der Waals surface area contributed by atoms with E-state index in [1.165, 1.54) is 0 Å². The van der Waals surface area contributed by atoms with Crippen LogP contribution in [-0.4, -0.2) is 23.3 Å². The van der Waals surface area contributed by atoms with Crippen LogP contribution in [0.4, 0.5) is 0 Å². The lowest BCUT2D eigenvalue weighted by atomic mass is 10.1. The Labute approximate surface area is 135 Å². The van der Waals surface area contributed by atoms with Gasteiger partial charge in [0.2, 0.25) is 5.78 Å². The first-order chi connectivity index (χ1) is 10.6. The summed E-state index contributed by atoms with van der Waals surface area (Å²) in [5.41, 5.74) is 1.81. The molecule has 0 radical (unpaired) electrons. The lowest BCUT2D eigenvalue weighted by molar-refractivity contribution is 0.0475. The third-order valence-corrected chi connectivity index (χ3v) is 3.78. The van der Waals surface area contributed by atoms with Crippen molar-refractivity contribution in [1.82, 2.24) is 4.98 Å². The van der Waals surface area contributed by atoms with E-state index in [0.29, 0.717) is 11.1 Å². The molecule has 0 saturated carbocycles. The van der Waals surface area contributed by atoms with Gasteiger partial charge >= 0.3 is 5.97 Å². The van der Waals surface area contributed by atoms with E-state index in [1.54, 1.807) is 24.4 Å². The van der Waals surface area contributed by atoms with E-state index in [-0.39, 0.29) is 12.4 Å². The molecule has 3 rings (SSSR count). The van der Waals surface area contributed by atoms with Gasteiger partial charge in [0, 0.05) is 27.1 Å². The topological polar surface area (TPSA) is 59.2 Å². The highest BCUT2D eigenvalue weighted by molar-refractivity contribution is 9.10. The van der Waals surface area contributed by atoms with Crippen LogP contribution >= 0.6 is 15.9 Å². The van der Waals surface area contributed by atoms with Gasteiger partial charge in [-0.15, -0.1) is 0 Å². The number of ketones is 1. The maximum atomic E-state index is 12.2. The van der Waals surface area contributed by atoms with E-state index in [0.717, 1.165) is 15.4 Å². The fourth-order valence-electron chi connectivity index (χ4n) is 2.21. The van der Waals surface area contributed by atoms with Gasteiger partial charge in [-0.25, -0.2) is 4.79 Å². The smallest absolute Gasteiger partial charge is 0.338 e. The highest BCUT2D eigenvalue weighted by Gasteiger charge is 2.15. The van der Waals surface area contributed by atoms with Crippen LogP contribution in [0.3, 0.4) is 0 Å². The number of rotatable bonds is 4. The summed E-state index contributed by atoms with van der Waals surface area (Å²) in [5, 5.41) is 0.825. The van der Waals surface area contributed by atoms with Crippen LogP contribution in [0.1, 0.15) is 20.7 Å². The van der Waals surface area contributed by atoms with Crippen LogP contribution in [0, 0.1) is 0 Å². The fraction of sp³-hybridized carbons (Fsp3) is 0.0588. The average Bonchev–Trinajstić information content (AvgIpc) is 2.96. The van der Waals surface area contributed by atoms with Crippen LogP contribution in [0.2, 0.25) is 0 Å². The quantitative estimate of drug-likeness (QED) is 0.567. The Morgan fingerprint density at radius 1 is 1.09 bits per heavy atom. The summed E-state index contributed by atoms with van der Waals surface area (Å²) in [6.07, 6.45) is 1.64. The number of carbonyl (C=O) groups is 2. The predicted octanol–water partition coefficient (Wildman–Crippen LogP) is 3.97. The van der Waals surface area contributed by atoms with Gasteiger partial charge in [0.05, 0.1) is 5.56 Å². The van der Waals surface area contributed by atoms with E-state index in [4.69, 9.17) is 4.74 Å². The molecule has 0 unspecified atom stereocenters. The highest BCUT2D eigenvalue weighted by Crippen LogP contribution is 2.18. The monoisotopic (exact) mass is 357 g/mol. The summed E-state index contributed by atoms with van der Waals surface area (Å²) in [7, 11) is 0. The van der Waals surface area contributed by atoms with Crippen LogP contribution in [0.25, 0.3) is 10.9 Å². The van der Waals surface area contributed by atoms with Crippen molar-refractivity contribution in [3.05, 3.63) is 70.3 Å². The van der Waals surface area contributed by atoms with Gasteiger partial charge in [-0.2, -0.15) is 0 Å². The summed E-state index contributed by atoms with van der Waals surface area (Å²) in [6, 6.07) is 14.3. The van der Waals surface area contributed by atoms with Crippen LogP contribution in [0.15, 0.2) is 59.2 Å². The molecule has 0 aliphatic heterocycles. The molecule has 4 nitrogen and oxygen atoms in total. The summed E-state index contributed by atoms with van der Waals surface area (Å²) < 4.78 is 5.88. The standard InChI is InChI=1S/C17H12BrNO3/c18-12-5-3-4-11(8-12)17(21)22-10-16(20)14-9-19-15-7-2-1-6-13(14)15/h1-9,19H,10H2. The summed E-state index contributed by atoms with van der Waals surface area (Å²) in [4.78, 5) is 27.2. The first kappa shape index (κ1) is 14.5. The molecule has 3 aromatic rings. The molecule has 0 saturated heterocycles. The number of aromatic nitrogens is 1. The van der Waals surface area contributed by atoms with Gasteiger partial charge in [-0.3, -0.25) is 4.79 Å². The number of fused-ring (bicyclic) bond motifs is 1. The number of hydrogen-bond donors (Lipinski definition) is 1. The minimum atomic E-state index is -0.519. The minimum Gasteiger partial charge on any atom is -0.454 e. The third kappa shape index (κ3) is 2.94. The number of benzene rings is 2. The molecule has 1 heterocycles. The Balaban J connectivity index is 1.71. The van der Waals surface area contributed by atoms with Gasteiger partial charge < -0.3 is 9.72 Å². The first-order valence-corrected chi connectivity index (χ1v) is 7.46. The molecule has 0 fully saturated rings. The number of para-hydroxylation sites is 1. The first-order valence-electron chi connectivity index (χ1n) is 6.67. The number of hydrogen-bond acceptors (Lipinski definition) is 3. The molecular formula is C17H12BrNO3. The number of H-pyrrole nitrogens is 1. The Morgan fingerprint density at radius 2 is 1.91 bits per heavy atom. The second-order valence-corrected chi connectivity index (χ2v) is 5.67. The normalized spacial score (nSPS) is 10.6. The highest BCUT2D eigenvalue weighted by atomic mass is 79.9. The number of nitrogens with one attached hydrogen (secondary N) is 1. The molecular weight excluding hydrogens is 346 g/mol. The lowest BCUT2D eigenvalue weighted by Crippen LogP contribution is -2.14. The molecule has 0 aliphatic carbocycles. The minimum absolute atomic E-state index is 0.235. The SMILES string of the molecule is O=C(OCC(=O)c1c[nH]c2ccccc12)c1cccc(Br)c1. The van der Waals surface area contributed by atoms with E-state index in [9.17, 15) is 9.59 Å². The maximum absolute atomic E-state index is 12.2. The molecule has 0 atom stereocenters. The molecule has 0 amide bonds. The van der Waals surface area contributed by atoms with Crippen molar-refractivity contribution < 1.29 is 14.3 Å². The van der Waals surface area contributed by atoms with Crippen molar-refractivity contribution in [1.29, 1.82) is 0 Å². The van der Waals surface area contributed by atoms with Crippen molar-refractivity contribution >= 4 is 38.6 Å². The van der Waals surface area contributed by atoms with E-state index in [1.807, 2.05) is 30.3 Å². The number of carbonyl (C=O) groups excluding carboxylic acids is 2. The lowest BCUT2D eigenvalue weighted by Gasteiger charge is -2.04. The van der Waals surface area contributed by atoms with Gasteiger partial charge in [-0.1, -0.05) is 40.2 Å². The Bertz CT molecular complexity index is 854. The van der Waals surface area contributed by atoms with Crippen molar-refractivity contribution in [2.24, 2.45) is 0 Å². The molecule has 5 heteroatoms.